The molecule has 0 aliphatic carbocycles. The van der Waals surface area contributed by atoms with Crippen molar-refractivity contribution in [3.8, 4) is 0 Å². The summed E-state index contributed by atoms with van der Waals surface area (Å²) in [6.45, 7) is 0. The molecular formula is C6H8ClNO2. The summed E-state index contributed by atoms with van der Waals surface area (Å²) < 4.78 is 0. The molecule has 3 nitrogen and oxygen atoms in total. The van der Waals surface area contributed by atoms with E-state index in [1.807, 2.05) is 0 Å². The van der Waals surface area contributed by atoms with Crippen LogP contribution in [0.1, 0.15) is 12.0 Å². The summed E-state index contributed by atoms with van der Waals surface area (Å²) in [6, 6.07) is 5.10. The SMILES string of the molecule is OC(O)c1cccc[nH+]1.[Cl-]. The van der Waals surface area contributed by atoms with Gasteiger partial charge < -0.3 is 22.6 Å². The second kappa shape index (κ2) is 4.22. The van der Waals surface area contributed by atoms with Gasteiger partial charge in [0.2, 0.25) is 12.0 Å². The molecule has 1 rings (SSSR count). The molecule has 56 valence electrons. The molecule has 0 fully saturated rings. The molecule has 0 unspecified atom stereocenters. The van der Waals surface area contributed by atoms with Crippen molar-refractivity contribution in [3.05, 3.63) is 30.1 Å². The van der Waals surface area contributed by atoms with Crippen LogP contribution in [0.3, 0.4) is 0 Å². The predicted octanol–water partition coefficient (Wildman–Crippen LogP) is -3.51. The van der Waals surface area contributed by atoms with Crippen LogP contribution in [0.5, 0.6) is 0 Å². The number of aliphatic hydroxyl groups is 2. The number of H-pyrrole nitrogens is 1. The molecule has 0 amide bonds. The summed E-state index contributed by atoms with van der Waals surface area (Å²) in [4.78, 5) is 2.67. The number of aliphatic hydroxyl groups excluding tert-OH is 1. The fourth-order valence-electron chi connectivity index (χ4n) is 0.568. The lowest BCUT2D eigenvalue weighted by Crippen LogP contribution is -3.00. The van der Waals surface area contributed by atoms with Gasteiger partial charge in [-0.3, -0.25) is 0 Å². The molecule has 3 N–H and O–H groups in total. The number of aromatic amines is 1. The van der Waals surface area contributed by atoms with Crippen molar-refractivity contribution in [1.29, 1.82) is 0 Å². The fourth-order valence-corrected chi connectivity index (χ4v) is 0.568. The van der Waals surface area contributed by atoms with Crippen molar-refractivity contribution >= 4 is 0 Å². The monoisotopic (exact) mass is 161 g/mol. The van der Waals surface area contributed by atoms with E-state index in [4.69, 9.17) is 10.2 Å². The summed E-state index contributed by atoms with van der Waals surface area (Å²) in [7, 11) is 0. The first-order valence-corrected chi connectivity index (χ1v) is 2.63. The van der Waals surface area contributed by atoms with Crippen LogP contribution in [-0.4, -0.2) is 10.2 Å². The quantitative estimate of drug-likeness (QED) is 0.420. The van der Waals surface area contributed by atoms with E-state index < -0.39 is 6.29 Å². The first-order valence-electron chi connectivity index (χ1n) is 2.63. The topological polar surface area (TPSA) is 54.6 Å². The molecule has 1 aromatic heterocycles. The molecule has 1 heterocycles. The van der Waals surface area contributed by atoms with Crippen molar-refractivity contribution < 1.29 is 27.6 Å². The van der Waals surface area contributed by atoms with E-state index in [0.717, 1.165) is 0 Å². The summed E-state index contributed by atoms with van der Waals surface area (Å²) >= 11 is 0. The molecule has 0 atom stereocenters. The maximum absolute atomic E-state index is 8.55. The first-order chi connectivity index (χ1) is 4.30. The van der Waals surface area contributed by atoms with Crippen LogP contribution in [0.25, 0.3) is 0 Å². The highest BCUT2D eigenvalue weighted by atomic mass is 35.5. The zero-order valence-electron chi connectivity index (χ0n) is 5.16. The van der Waals surface area contributed by atoms with Crippen LogP contribution >= 0.6 is 0 Å². The zero-order chi connectivity index (χ0) is 6.69. The van der Waals surface area contributed by atoms with Crippen LogP contribution in [0.2, 0.25) is 0 Å². The van der Waals surface area contributed by atoms with E-state index in [2.05, 4.69) is 4.98 Å². The van der Waals surface area contributed by atoms with E-state index in [0.29, 0.717) is 5.69 Å². The molecule has 0 aliphatic heterocycles. The largest absolute Gasteiger partial charge is 1.00 e. The van der Waals surface area contributed by atoms with E-state index in [-0.39, 0.29) is 12.4 Å². The molecule has 1 aromatic rings. The summed E-state index contributed by atoms with van der Waals surface area (Å²) in [5.41, 5.74) is 0.400. The number of hydrogen-bond donors (Lipinski definition) is 2. The molecule has 0 aliphatic rings. The Kier molecular flexibility index (Phi) is 3.95. The molecular weight excluding hydrogens is 154 g/mol. The molecule has 10 heavy (non-hydrogen) atoms. The van der Waals surface area contributed by atoms with Crippen LogP contribution in [0.4, 0.5) is 0 Å². The summed E-state index contributed by atoms with van der Waals surface area (Å²) in [5, 5.41) is 17.1. The smallest absolute Gasteiger partial charge is 0.239 e. The number of aromatic nitrogens is 1. The third-order valence-electron chi connectivity index (χ3n) is 1.01. The van der Waals surface area contributed by atoms with Gasteiger partial charge in [0.05, 0.1) is 0 Å². The highest BCUT2D eigenvalue weighted by Crippen LogP contribution is 1.98. The minimum atomic E-state index is -1.40. The van der Waals surface area contributed by atoms with Crippen molar-refractivity contribution in [2.75, 3.05) is 0 Å². The molecule has 0 bridgehead atoms. The Hall–Kier alpha value is -0.640. The third kappa shape index (κ3) is 2.31. The van der Waals surface area contributed by atoms with Crippen molar-refractivity contribution in [2.45, 2.75) is 6.29 Å². The minimum absolute atomic E-state index is 0. The van der Waals surface area contributed by atoms with Gasteiger partial charge in [0.1, 0.15) is 0 Å². The molecule has 0 radical (unpaired) electrons. The number of nitrogens with one attached hydrogen (secondary N) is 1. The Balaban J connectivity index is 0.000000810. The molecule has 0 saturated heterocycles. The molecule has 0 spiro atoms. The Morgan fingerprint density at radius 1 is 1.30 bits per heavy atom. The van der Waals surface area contributed by atoms with Gasteiger partial charge in [-0.2, -0.15) is 0 Å². The standard InChI is InChI=1S/C6H7NO2.ClH/c8-6(9)5-3-1-2-4-7-5;/h1-4,6,8-9H;1H. The van der Waals surface area contributed by atoms with Gasteiger partial charge in [-0.1, -0.05) is 0 Å². The predicted molar refractivity (Wildman–Crippen MR) is 30.2 cm³/mol. The van der Waals surface area contributed by atoms with Gasteiger partial charge in [-0.05, 0) is 6.07 Å². The summed E-state index contributed by atoms with van der Waals surface area (Å²) in [6.07, 6.45) is 0.237. The Labute approximate surface area is 64.8 Å². The van der Waals surface area contributed by atoms with Crippen LogP contribution < -0.4 is 17.4 Å². The van der Waals surface area contributed by atoms with Gasteiger partial charge in [0, 0.05) is 12.1 Å². The fraction of sp³-hybridized carbons (Fsp3) is 0.167. The Morgan fingerprint density at radius 2 is 2.00 bits per heavy atom. The van der Waals surface area contributed by atoms with Crippen LogP contribution in [-0.2, 0) is 0 Å². The highest BCUT2D eigenvalue weighted by Gasteiger charge is 2.06. The average molecular weight is 162 g/mol. The van der Waals surface area contributed by atoms with Gasteiger partial charge in [0.25, 0.3) is 0 Å². The van der Waals surface area contributed by atoms with Gasteiger partial charge in [-0.25, -0.2) is 4.98 Å². The number of hydrogen-bond acceptors (Lipinski definition) is 2. The number of halogens is 1. The number of rotatable bonds is 1. The van der Waals surface area contributed by atoms with E-state index in [1.165, 1.54) is 0 Å². The van der Waals surface area contributed by atoms with E-state index in [1.54, 1.807) is 24.4 Å². The third-order valence-corrected chi connectivity index (χ3v) is 1.01. The Morgan fingerprint density at radius 3 is 2.30 bits per heavy atom. The van der Waals surface area contributed by atoms with E-state index >= 15 is 0 Å². The highest BCUT2D eigenvalue weighted by molar-refractivity contribution is 4.96. The molecule has 0 saturated carbocycles. The average Bonchev–Trinajstić information content (AvgIpc) is 1.90. The van der Waals surface area contributed by atoms with Crippen molar-refractivity contribution in [3.63, 3.8) is 0 Å². The first kappa shape index (κ1) is 9.36. The van der Waals surface area contributed by atoms with Gasteiger partial charge in [0.15, 0.2) is 6.20 Å². The molecule has 4 heteroatoms. The normalized spacial score (nSPS) is 9.10. The van der Waals surface area contributed by atoms with Crippen LogP contribution in [0.15, 0.2) is 24.4 Å². The lowest BCUT2D eigenvalue weighted by Gasteiger charge is -1.92. The van der Waals surface area contributed by atoms with Gasteiger partial charge >= 0.3 is 0 Å². The lowest BCUT2D eigenvalue weighted by molar-refractivity contribution is -0.410. The summed E-state index contributed by atoms with van der Waals surface area (Å²) in [5.74, 6) is 0. The lowest BCUT2D eigenvalue weighted by atomic mass is 10.3. The minimum Gasteiger partial charge on any atom is -1.00 e. The second-order valence-corrected chi connectivity index (χ2v) is 1.69. The maximum atomic E-state index is 8.55. The second-order valence-electron chi connectivity index (χ2n) is 1.69. The van der Waals surface area contributed by atoms with E-state index in [9.17, 15) is 0 Å². The van der Waals surface area contributed by atoms with Crippen molar-refractivity contribution in [1.82, 2.24) is 0 Å². The molecule has 0 aromatic carbocycles. The van der Waals surface area contributed by atoms with Crippen molar-refractivity contribution in [2.24, 2.45) is 0 Å². The zero-order valence-corrected chi connectivity index (χ0v) is 5.92. The van der Waals surface area contributed by atoms with Crippen LogP contribution in [0, 0.1) is 0 Å². The Bertz CT molecular complexity index is 178. The maximum Gasteiger partial charge on any atom is 0.239 e. The number of pyridine rings is 1. The van der Waals surface area contributed by atoms with Gasteiger partial charge in [-0.15, -0.1) is 0 Å².